The van der Waals surface area contributed by atoms with Gasteiger partial charge in [0.25, 0.3) is 0 Å². The largest absolute Gasteiger partial charge is 0.394 e. The second-order valence-electron chi connectivity index (χ2n) is 3.60. The second kappa shape index (κ2) is 8.53. The lowest BCUT2D eigenvalue weighted by molar-refractivity contribution is 0.173. The first-order chi connectivity index (χ1) is 6.68. The van der Waals surface area contributed by atoms with E-state index in [4.69, 9.17) is 4.74 Å². The molecule has 4 heteroatoms. The Labute approximate surface area is 91.6 Å². The average molecular weight is 221 g/mol. The minimum Gasteiger partial charge on any atom is -0.394 e. The van der Waals surface area contributed by atoms with Crippen LogP contribution in [-0.2, 0) is 4.74 Å². The molecule has 0 saturated carbocycles. The summed E-state index contributed by atoms with van der Waals surface area (Å²) in [5.41, 5.74) is -0.116. The highest BCUT2D eigenvalue weighted by Gasteiger charge is 2.20. The van der Waals surface area contributed by atoms with Crippen LogP contribution < -0.4 is 5.32 Å². The van der Waals surface area contributed by atoms with Crippen molar-refractivity contribution in [3.63, 3.8) is 0 Å². The van der Waals surface area contributed by atoms with Gasteiger partial charge in [0, 0.05) is 18.4 Å². The Kier molecular flexibility index (Phi) is 8.67. The van der Waals surface area contributed by atoms with Crippen LogP contribution in [0.3, 0.4) is 0 Å². The first-order valence-electron chi connectivity index (χ1n) is 5.11. The van der Waals surface area contributed by atoms with Crippen molar-refractivity contribution in [2.45, 2.75) is 25.8 Å². The van der Waals surface area contributed by atoms with Crippen LogP contribution in [0.5, 0.6) is 0 Å². The summed E-state index contributed by atoms with van der Waals surface area (Å²) in [7, 11) is 1.72. The van der Waals surface area contributed by atoms with Crippen molar-refractivity contribution < 1.29 is 9.84 Å². The van der Waals surface area contributed by atoms with Gasteiger partial charge in [-0.1, -0.05) is 6.92 Å². The van der Waals surface area contributed by atoms with Crippen molar-refractivity contribution >= 4 is 11.8 Å². The molecule has 1 unspecified atom stereocenters. The molecule has 2 N–H and O–H groups in total. The Bertz CT molecular complexity index is 135. The molecular weight excluding hydrogens is 198 g/mol. The van der Waals surface area contributed by atoms with Gasteiger partial charge in [0.05, 0.1) is 13.2 Å². The average Bonchev–Trinajstić information content (AvgIpc) is 2.18. The number of aliphatic hydroxyl groups excluding tert-OH is 1. The first kappa shape index (κ1) is 14.2. The molecule has 0 aliphatic carbocycles. The molecule has 86 valence electrons. The molecule has 0 spiro atoms. The van der Waals surface area contributed by atoms with E-state index < -0.39 is 0 Å². The molecule has 0 aromatic heterocycles. The molecule has 0 radical (unpaired) electrons. The molecule has 0 aliphatic heterocycles. The lowest BCUT2D eigenvalue weighted by Crippen LogP contribution is -2.46. The highest BCUT2D eigenvalue weighted by atomic mass is 32.2. The highest BCUT2D eigenvalue weighted by molar-refractivity contribution is 7.99. The van der Waals surface area contributed by atoms with E-state index in [9.17, 15) is 5.11 Å². The molecule has 0 bridgehead atoms. The zero-order chi connectivity index (χ0) is 10.9. The lowest BCUT2D eigenvalue weighted by atomic mass is 10.0. The van der Waals surface area contributed by atoms with Gasteiger partial charge in [-0.25, -0.2) is 0 Å². The van der Waals surface area contributed by atoms with Gasteiger partial charge >= 0.3 is 0 Å². The quantitative estimate of drug-likeness (QED) is 0.573. The fourth-order valence-corrected chi connectivity index (χ4v) is 2.28. The number of thioether (sulfide) groups is 1. The van der Waals surface area contributed by atoms with Gasteiger partial charge < -0.3 is 15.2 Å². The number of hydrogen-bond acceptors (Lipinski definition) is 4. The van der Waals surface area contributed by atoms with E-state index >= 15 is 0 Å². The van der Waals surface area contributed by atoms with Crippen LogP contribution in [0.4, 0.5) is 0 Å². The Morgan fingerprint density at radius 2 is 2.14 bits per heavy atom. The van der Waals surface area contributed by atoms with Gasteiger partial charge in [-0.05, 0) is 25.6 Å². The molecule has 3 nitrogen and oxygen atoms in total. The standard InChI is InChI=1S/C10H23NO2S/c1-4-11-10(2,9-12)5-7-14-8-6-13-3/h11-12H,4-9H2,1-3H3. The Hall–Kier alpha value is 0.230. The van der Waals surface area contributed by atoms with Crippen LogP contribution in [0.25, 0.3) is 0 Å². The van der Waals surface area contributed by atoms with Crippen molar-refractivity contribution in [2.75, 3.05) is 38.4 Å². The number of nitrogens with one attached hydrogen (secondary N) is 1. The fourth-order valence-electron chi connectivity index (χ4n) is 1.19. The summed E-state index contributed by atoms with van der Waals surface area (Å²) in [4.78, 5) is 0. The van der Waals surface area contributed by atoms with E-state index in [1.807, 2.05) is 11.8 Å². The zero-order valence-electron chi connectivity index (χ0n) is 9.51. The number of rotatable bonds is 9. The summed E-state index contributed by atoms with van der Waals surface area (Å²) in [6, 6.07) is 0. The van der Waals surface area contributed by atoms with E-state index in [1.54, 1.807) is 7.11 Å². The molecule has 0 aromatic carbocycles. The summed E-state index contributed by atoms with van der Waals surface area (Å²) in [5.74, 6) is 2.09. The van der Waals surface area contributed by atoms with E-state index in [-0.39, 0.29) is 12.1 Å². The number of ether oxygens (including phenoxy) is 1. The minimum atomic E-state index is -0.116. The van der Waals surface area contributed by atoms with Gasteiger partial charge in [-0.3, -0.25) is 0 Å². The summed E-state index contributed by atoms with van der Waals surface area (Å²) in [6.45, 7) is 6.03. The van der Waals surface area contributed by atoms with E-state index in [0.717, 1.165) is 31.1 Å². The van der Waals surface area contributed by atoms with Crippen LogP contribution in [-0.4, -0.2) is 49.0 Å². The van der Waals surface area contributed by atoms with Crippen molar-refractivity contribution in [1.82, 2.24) is 5.32 Å². The zero-order valence-corrected chi connectivity index (χ0v) is 10.3. The fraction of sp³-hybridized carbons (Fsp3) is 1.00. The van der Waals surface area contributed by atoms with Crippen LogP contribution in [0.2, 0.25) is 0 Å². The van der Waals surface area contributed by atoms with Gasteiger partial charge in [0.15, 0.2) is 0 Å². The Balaban J connectivity index is 3.51. The van der Waals surface area contributed by atoms with Crippen molar-refractivity contribution in [3.8, 4) is 0 Å². The van der Waals surface area contributed by atoms with E-state index in [1.165, 1.54) is 0 Å². The molecule has 0 rings (SSSR count). The van der Waals surface area contributed by atoms with Crippen molar-refractivity contribution in [3.05, 3.63) is 0 Å². The van der Waals surface area contributed by atoms with Crippen LogP contribution in [0, 0.1) is 0 Å². The Morgan fingerprint density at radius 3 is 2.64 bits per heavy atom. The maximum Gasteiger partial charge on any atom is 0.0610 e. The molecular formula is C10H23NO2S. The van der Waals surface area contributed by atoms with Crippen LogP contribution >= 0.6 is 11.8 Å². The van der Waals surface area contributed by atoms with Crippen LogP contribution in [0.1, 0.15) is 20.3 Å². The molecule has 1 atom stereocenters. The van der Waals surface area contributed by atoms with Crippen molar-refractivity contribution in [2.24, 2.45) is 0 Å². The number of methoxy groups -OCH3 is 1. The topological polar surface area (TPSA) is 41.5 Å². The van der Waals surface area contributed by atoms with Gasteiger partial charge in [-0.2, -0.15) is 11.8 Å². The third-order valence-corrected chi connectivity index (χ3v) is 3.13. The molecule has 0 saturated heterocycles. The second-order valence-corrected chi connectivity index (χ2v) is 4.83. The summed E-state index contributed by atoms with van der Waals surface area (Å²) in [5, 5.41) is 12.5. The molecule has 0 amide bonds. The van der Waals surface area contributed by atoms with Crippen LogP contribution in [0.15, 0.2) is 0 Å². The molecule has 14 heavy (non-hydrogen) atoms. The monoisotopic (exact) mass is 221 g/mol. The summed E-state index contributed by atoms with van der Waals surface area (Å²) < 4.78 is 4.96. The third-order valence-electron chi connectivity index (χ3n) is 2.18. The van der Waals surface area contributed by atoms with E-state index in [0.29, 0.717) is 0 Å². The Morgan fingerprint density at radius 1 is 1.43 bits per heavy atom. The van der Waals surface area contributed by atoms with Gasteiger partial charge in [0.1, 0.15) is 0 Å². The maximum absolute atomic E-state index is 9.22. The number of aliphatic hydroxyl groups is 1. The highest BCUT2D eigenvalue weighted by Crippen LogP contribution is 2.13. The molecule has 0 aromatic rings. The lowest BCUT2D eigenvalue weighted by Gasteiger charge is -2.28. The SMILES string of the molecule is CCNC(C)(CO)CCSCCOC. The smallest absolute Gasteiger partial charge is 0.0610 e. The van der Waals surface area contributed by atoms with Gasteiger partial charge in [-0.15, -0.1) is 0 Å². The summed E-state index contributed by atoms with van der Waals surface area (Å²) in [6.07, 6.45) is 0.992. The minimum absolute atomic E-state index is 0.116. The predicted octanol–water partition coefficient (Wildman–Crippen LogP) is 1.12. The molecule has 0 fully saturated rings. The molecule has 0 aliphatic rings. The predicted molar refractivity (Wildman–Crippen MR) is 63.0 cm³/mol. The first-order valence-corrected chi connectivity index (χ1v) is 6.26. The third kappa shape index (κ3) is 6.65. The van der Waals surface area contributed by atoms with E-state index in [2.05, 4.69) is 19.2 Å². The normalized spacial score (nSPS) is 15.4. The number of hydrogen-bond donors (Lipinski definition) is 2. The maximum atomic E-state index is 9.22. The molecule has 0 heterocycles. The summed E-state index contributed by atoms with van der Waals surface area (Å²) >= 11 is 1.87. The van der Waals surface area contributed by atoms with Crippen molar-refractivity contribution in [1.29, 1.82) is 0 Å². The van der Waals surface area contributed by atoms with Gasteiger partial charge in [0.2, 0.25) is 0 Å². The number of likely N-dealkylation sites (N-methyl/N-ethyl adjacent to an activating group) is 1.